The maximum Gasteiger partial charge on any atom is 0.408 e. The molecule has 5 amide bonds. The van der Waals surface area contributed by atoms with Gasteiger partial charge in [-0.2, -0.15) is 0 Å². The number of anilines is 1. The first-order valence-electron chi connectivity index (χ1n) is 13.5. The second-order valence-electron chi connectivity index (χ2n) is 10.9. The van der Waals surface area contributed by atoms with Gasteiger partial charge in [0.25, 0.3) is 0 Å². The number of nitrogens with one attached hydrogen (secondary N) is 3. The predicted octanol–water partition coefficient (Wildman–Crippen LogP) is 3.12. The lowest BCUT2D eigenvalue weighted by molar-refractivity contribution is -0.142. The number of alkyl carbamates (subject to hydrolysis) is 1. The van der Waals surface area contributed by atoms with Crippen molar-refractivity contribution in [2.24, 2.45) is 0 Å². The number of H-pyrrole nitrogens is 1. The second-order valence-corrected chi connectivity index (χ2v) is 10.9. The molecular formula is C30H35N5O7. The van der Waals surface area contributed by atoms with Crippen molar-refractivity contribution in [3.8, 4) is 0 Å². The number of amides is 5. The highest BCUT2D eigenvalue weighted by molar-refractivity contribution is 6.16. The van der Waals surface area contributed by atoms with Gasteiger partial charge in [-0.25, -0.2) is 14.5 Å². The van der Waals surface area contributed by atoms with Crippen molar-refractivity contribution in [2.45, 2.75) is 51.3 Å². The van der Waals surface area contributed by atoms with Gasteiger partial charge in [-0.3, -0.25) is 14.4 Å². The van der Waals surface area contributed by atoms with E-state index in [4.69, 9.17) is 9.47 Å². The Balaban J connectivity index is 1.53. The fourth-order valence-electron chi connectivity index (χ4n) is 4.73. The van der Waals surface area contributed by atoms with Crippen molar-refractivity contribution in [1.82, 2.24) is 20.5 Å². The lowest BCUT2D eigenvalue weighted by Crippen LogP contribution is -2.61. The summed E-state index contributed by atoms with van der Waals surface area (Å²) in [5, 5.41) is 6.31. The fourth-order valence-corrected chi connectivity index (χ4v) is 4.73. The summed E-state index contributed by atoms with van der Waals surface area (Å²) in [6.45, 7) is 4.59. The van der Waals surface area contributed by atoms with Gasteiger partial charge in [0.1, 0.15) is 18.2 Å². The summed E-state index contributed by atoms with van der Waals surface area (Å²) in [6.07, 6.45) is 1.00. The van der Waals surface area contributed by atoms with Gasteiger partial charge in [0.15, 0.2) is 0 Å². The average Bonchev–Trinajstić information content (AvgIpc) is 3.35. The highest BCUT2D eigenvalue weighted by Gasteiger charge is 2.41. The van der Waals surface area contributed by atoms with E-state index < -0.39 is 54.1 Å². The van der Waals surface area contributed by atoms with Crippen LogP contribution in [0.15, 0.2) is 60.8 Å². The molecule has 3 aromatic rings. The molecule has 42 heavy (non-hydrogen) atoms. The number of aromatic amines is 1. The molecule has 0 radical (unpaired) electrons. The van der Waals surface area contributed by atoms with E-state index in [1.54, 1.807) is 57.3 Å². The van der Waals surface area contributed by atoms with Gasteiger partial charge in [0, 0.05) is 36.5 Å². The van der Waals surface area contributed by atoms with Crippen molar-refractivity contribution in [2.75, 3.05) is 25.1 Å². The number of aromatic nitrogens is 1. The van der Waals surface area contributed by atoms with Gasteiger partial charge in [0.05, 0.1) is 18.8 Å². The number of hydrogen-bond donors (Lipinski definition) is 3. The van der Waals surface area contributed by atoms with Crippen LogP contribution in [0.4, 0.5) is 15.3 Å². The van der Waals surface area contributed by atoms with E-state index in [1.807, 2.05) is 24.3 Å². The monoisotopic (exact) mass is 577 g/mol. The molecule has 1 fully saturated rings. The molecule has 0 bridgehead atoms. The Labute approximate surface area is 243 Å². The molecule has 1 aliphatic heterocycles. The maximum atomic E-state index is 13.5. The molecule has 0 saturated carbocycles. The molecule has 1 aliphatic rings. The third-order valence-corrected chi connectivity index (χ3v) is 6.70. The summed E-state index contributed by atoms with van der Waals surface area (Å²) < 4.78 is 10.2. The van der Waals surface area contributed by atoms with Gasteiger partial charge in [-0.05, 0) is 44.5 Å². The Bertz CT molecular complexity index is 1460. The minimum absolute atomic E-state index is 0.143. The third kappa shape index (κ3) is 7.25. The van der Waals surface area contributed by atoms with Crippen LogP contribution in [0.5, 0.6) is 0 Å². The van der Waals surface area contributed by atoms with Gasteiger partial charge in [-0.15, -0.1) is 0 Å². The molecule has 2 aromatic carbocycles. The number of carbonyl (C=O) groups excluding carboxylic acids is 5. The topological polar surface area (TPSA) is 150 Å². The number of para-hydroxylation sites is 2. The Morgan fingerprint density at radius 3 is 2.43 bits per heavy atom. The van der Waals surface area contributed by atoms with Crippen LogP contribution >= 0.6 is 0 Å². The van der Waals surface area contributed by atoms with Crippen LogP contribution in [0.1, 0.15) is 32.8 Å². The van der Waals surface area contributed by atoms with Crippen LogP contribution < -0.4 is 15.5 Å². The lowest BCUT2D eigenvalue weighted by atomic mass is 10.0. The smallest absolute Gasteiger partial charge is 0.408 e. The number of urea groups is 1. The highest BCUT2D eigenvalue weighted by Crippen LogP contribution is 2.24. The summed E-state index contributed by atoms with van der Waals surface area (Å²) in [7, 11) is 1.20. The van der Waals surface area contributed by atoms with Crippen molar-refractivity contribution in [3.05, 3.63) is 66.4 Å². The number of hydrogen-bond acceptors (Lipinski definition) is 7. The number of nitrogens with zero attached hydrogens (tertiary/aromatic N) is 2. The van der Waals surface area contributed by atoms with Crippen molar-refractivity contribution in [3.63, 3.8) is 0 Å². The van der Waals surface area contributed by atoms with Gasteiger partial charge >= 0.3 is 18.1 Å². The molecule has 2 atom stereocenters. The number of methoxy groups -OCH3 is 1. The number of carbonyl (C=O) groups is 5. The van der Waals surface area contributed by atoms with Gasteiger partial charge < -0.3 is 30.0 Å². The van der Waals surface area contributed by atoms with Crippen LogP contribution in [-0.4, -0.2) is 77.7 Å². The number of rotatable bonds is 9. The predicted molar refractivity (Wildman–Crippen MR) is 155 cm³/mol. The minimum Gasteiger partial charge on any atom is -0.468 e. The van der Waals surface area contributed by atoms with E-state index in [1.165, 1.54) is 12.0 Å². The molecule has 0 spiro atoms. The zero-order valence-electron chi connectivity index (χ0n) is 24.0. The molecule has 3 N–H and O–H groups in total. The van der Waals surface area contributed by atoms with Crippen LogP contribution in [0.2, 0.25) is 0 Å². The van der Waals surface area contributed by atoms with Gasteiger partial charge in [0.2, 0.25) is 11.8 Å². The highest BCUT2D eigenvalue weighted by atomic mass is 16.6. The lowest BCUT2D eigenvalue weighted by Gasteiger charge is -2.39. The van der Waals surface area contributed by atoms with E-state index in [9.17, 15) is 24.0 Å². The first-order chi connectivity index (χ1) is 20.0. The van der Waals surface area contributed by atoms with Crippen LogP contribution in [-0.2, 0) is 30.3 Å². The normalized spacial score (nSPS) is 16.2. The summed E-state index contributed by atoms with van der Waals surface area (Å²) in [6, 6.07) is 13.4. The molecular weight excluding hydrogens is 542 g/mol. The molecule has 2 heterocycles. The summed E-state index contributed by atoms with van der Waals surface area (Å²) in [4.78, 5) is 70.2. The second kappa shape index (κ2) is 12.8. The molecule has 222 valence electrons. The number of fused-ring (bicyclic) bond motifs is 1. The van der Waals surface area contributed by atoms with Crippen LogP contribution in [0.25, 0.3) is 10.9 Å². The quantitative estimate of drug-likeness (QED) is 0.331. The van der Waals surface area contributed by atoms with E-state index in [2.05, 4.69) is 15.6 Å². The molecule has 12 nitrogen and oxygen atoms in total. The zero-order valence-corrected chi connectivity index (χ0v) is 24.0. The number of esters is 1. The fraction of sp³-hybridized carbons (Fsp3) is 0.367. The minimum atomic E-state index is -1.04. The molecule has 0 aliphatic carbocycles. The van der Waals surface area contributed by atoms with Crippen molar-refractivity contribution < 1.29 is 33.4 Å². The van der Waals surface area contributed by atoms with E-state index >= 15 is 0 Å². The van der Waals surface area contributed by atoms with E-state index in [0.29, 0.717) is 5.69 Å². The summed E-state index contributed by atoms with van der Waals surface area (Å²) >= 11 is 0. The molecule has 4 rings (SSSR count). The first-order valence-corrected chi connectivity index (χ1v) is 13.5. The Hall–Kier alpha value is -4.87. The largest absolute Gasteiger partial charge is 0.468 e. The Morgan fingerprint density at radius 2 is 1.74 bits per heavy atom. The number of ether oxygens (including phenoxy) is 2. The standard InChI is InChI=1S/C30H35N5O7/c1-30(2,3)42-28(39)33-24(14-19-16-31-23-13-9-8-12-22(19)23)27(38)32-17-21-15-25(36)35(20-10-6-5-7-11-20)29(40)34(21)18-26(37)41-4/h5-13,16,21,24,31H,14-15,17-18H2,1-4H3,(H,32,38)(H,33,39)/t21-,24+/m1/s1. The number of imide groups is 1. The Morgan fingerprint density at radius 1 is 1.05 bits per heavy atom. The van der Waals surface area contributed by atoms with Crippen LogP contribution in [0, 0.1) is 0 Å². The van der Waals surface area contributed by atoms with Gasteiger partial charge in [-0.1, -0.05) is 36.4 Å². The zero-order chi connectivity index (χ0) is 30.4. The average molecular weight is 578 g/mol. The summed E-state index contributed by atoms with van der Waals surface area (Å²) in [5.74, 6) is -1.70. The van der Waals surface area contributed by atoms with Crippen molar-refractivity contribution >= 4 is 46.5 Å². The Kier molecular flexibility index (Phi) is 9.14. The first kappa shape index (κ1) is 30.1. The van der Waals surface area contributed by atoms with E-state index in [-0.39, 0.29) is 19.4 Å². The molecule has 1 saturated heterocycles. The number of benzene rings is 2. The SMILES string of the molecule is COC(=O)CN1C(=O)N(c2ccccc2)C(=O)C[C@@H]1CNC(=O)[C@H](Cc1c[nH]c2ccccc12)NC(=O)OC(C)(C)C. The third-order valence-electron chi connectivity index (χ3n) is 6.70. The van der Waals surface area contributed by atoms with Crippen molar-refractivity contribution in [1.29, 1.82) is 0 Å². The maximum absolute atomic E-state index is 13.5. The van der Waals surface area contributed by atoms with E-state index in [0.717, 1.165) is 21.4 Å². The molecule has 0 unspecified atom stereocenters. The summed E-state index contributed by atoms with van der Waals surface area (Å²) in [5.41, 5.74) is 1.26. The van der Waals surface area contributed by atoms with Crippen LogP contribution in [0.3, 0.4) is 0 Å². The molecule has 12 heteroatoms. The molecule has 1 aromatic heterocycles.